The molecular formula is C17H34. The molecule has 0 bridgehead atoms. The van der Waals surface area contributed by atoms with E-state index in [1.165, 1.54) is 50.5 Å². The van der Waals surface area contributed by atoms with Gasteiger partial charge < -0.3 is 0 Å². The summed E-state index contributed by atoms with van der Waals surface area (Å²) in [5.41, 5.74) is 1.34. The lowest BCUT2D eigenvalue weighted by Crippen LogP contribution is -2.12. The molecule has 3 atom stereocenters. The van der Waals surface area contributed by atoms with Crippen LogP contribution in [0.5, 0.6) is 0 Å². The van der Waals surface area contributed by atoms with Crippen molar-refractivity contribution in [3.8, 4) is 0 Å². The van der Waals surface area contributed by atoms with Crippen LogP contribution in [-0.2, 0) is 0 Å². The minimum atomic E-state index is 0.678. The van der Waals surface area contributed by atoms with Crippen molar-refractivity contribution < 1.29 is 0 Å². The van der Waals surface area contributed by atoms with Gasteiger partial charge in [0.25, 0.3) is 0 Å². The van der Waals surface area contributed by atoms with Crippen molar-refractivity contribution in [2.24, 2.45) is 17.8 Å². The van der Waals surface area contributed by atoms with Crippen LogP contribution >= 0.6 is 0 Å². The van der Waals surface area contributed by atoms with Gasteiger partial charge in [-0.2, -0.15) is 0 Å². The summed E-state index contributed by atoms with van der Waals surface area (Å²) in [6.07, 6.45) is 9.83. The summed E-state index contributed by atoms with van der Waals surface area (Å²) in [5, 5.41) is 0. The molecule has 102 valence electrons. The Morgan fingerprint density at radius 3 is 2.12 bits per heavy atom. The van der Waals surface area contributed by atoms with Gasteiger partial charge in [-0.05, 0) is 31.1 Å². The number of hydrogen-bond acceptors (Lipinski definition) is 0. The first-order valence-corrected chi connectivity index (χ1v) is 7.64. The molecule has 17 heavy (non-hydrogen) atoms. The maximum atomic E-state index is 4.08. The molecule has 0 radical (unpaired) electrons. The molecule has 0 spiro atoms. The zero-order chi connectivity index (χ0) is 13.3. The Morgan fingerprint density at radius 2 is 1.59 bits per heavy atom. The summed E-state index contributed by atoms with van der Waals surface area (Å²) in [6.45, 7) is 15.6. The molecule has 0 heterocycles. The van der Waals surface area contributed by atoms with E-state index in [1.54, 1.807) is 0 Å². The van der Waals surface area contributed by atoms with Crippen LogP contribution in [0.1, 0.15) is 79.6 Å². The van der Waals surface area contributed by atoms with Crippen LogP contribution in [0.15, 0.2) is 12.2 Å². The molecule has 0 aliphatic carbocycles. The fourth-order valence-electron chi connectivity index (χ4n) is 2.54. The normalized spacial score (nSPS) is 16.5. The van der Waals surface area contributed by atoms with Crippen molar-refractivity contribution in [2.45, 2.75) is 79.6 Å². The van der Waals surface area contributed by atoms with E-state index < -0.39 is 0 Å². The van der Waals surface area contributed by atoms with Gasteiger partial charge in [0.05, 0.1) is 0 Å². The molecule has 0 aromatic heterocycles. The summed E-state index contributed by atoms with van der Waals surface area (Å²) >= 11 is 0. The second-order valence-corrected chi connectivity index (χ2v) is 6.16. The standard InChI is InChI=1S/C17H34/c1-7-8-9-10-11-12-15(4)13-16(5)17(6)14(2)3/h15-17H,2,7-13H2,1,3-6H3. The molecule has 0 aliphatic rings. The Bertz CT molecular complexity index is 192. The van der Waals surface area contributed by atoms with Gasteiger partial charge in [0.15, 0.2) is 0 Å². The molecule has 0 saturated heterocycles. The maximum Gasteiger partial charge on any atom is -0.0211 e. The van der Waals surface area contributed by atoms with Crippen LogP contribution in [0.2, 0.25) is 0 Å². The summed E-state index contributed by atoms with van der Waals surface area (Å²) < 4.78 is 0. The summed E-state index contributed by atoms with van der Waals surface area (Å²) in [5.74, 6) is 2.35. The number of allylic oxidation sites excluding steroid dienone is 1. The van der Waals surface area contributed by atoms with Gasteiger partial charge in [0, 0.05) is 0 Å². The van der Waals surface area contributed by atoms with Crippen molar-refractivity contribution in [1.29, 1.82) is 0 Å². The summed E-state index contributed by atoms with van der Waals surface area (Å²) in [4.78, 5) is 0. The van der Waals surface area contributed by atoms with E-state index in [-0.39, 0.29) is 0 Å². The Hall–Kier alpha value is -0.260. The monoisotopic (exact) mass is 238 g/mol. The van der Waals surface area contributed by atoms with Crippen molar-refractivity contribution in [3.63, 3.8) is 0 Å². The zero-order valence-electron chi connectivity index (χ0n) is 12.9. The Labute approximate surface area is 110 Å². The highest BCUT2D eigenvalue weighted by Crippen LogP contribution is 2.27. The van der Waals surface area contributed by atoms with E-state index in [2.05, 4.69) is 41.2 Å². The van der Waals surface area contributed by atoms with Gasteiger partial charge >= 0.3 is 0 Å². The van der Waals surface area contributed by atoms with Crippen LogP contribution in [0.4, 0.5) is 0 Å². The van der Waals surface area contributed by atoms with E-state index >= 15 is 0 Å². The second kappa shape index (κ2) is 9.74. The van der Waals surface area contributed by atoms with E-state index in [9.17, 15) is 0 Å². The van der Waals surface area contributed by atoms with Crippen molar-refractivity contribution >= 4 is 0 Å². The molecule has 0 aromatic carbocycles. The van der Waals surface area contributed by atoms with Crippen LogP contribution < -0.4 is 0 Å². The quantitative estimate of drug-likeness (QED) is 0.313. The minimum absolute atomic E-state index is 0.678. The van der Waals surface area contributed by atoms with Gasteiger partial charge in [-0.15, -0.1) is 0 Å². The highest BCUT2D eigenvalue weighted by molar-refractivity contribution is 4.96. The molecule has 0 saturated carbocycles. The van der Waals surface area contributed by atoms with Crippen LogP contribution in [0.25, 0.3) is 0 Å². The lowest BCUT2D eigenvalue weighted by atomic mass is 9.82. The van der Waals surface area contributed by atoms with Crippen LogP contribution in [0, 0.1) is 17.8 Å². The van der Waals surface area contributed by atoms with Crippen LogP contribution in [0.3, 0.4) is 0 Å². The smallest absolute Gasteiger partial charge is 0.0211 e. The van der Waals surface area contributed by atoms with E-state index in [0.29, 0.717) is 5.92 Å². The third-order valence-electron chi connectivity index (χ3n) is 4.21. The number of hydrogen-bond donors (Lipinski definition) is 0. The van der Waals surface area contributed by atoms with Gasteiger partial charge in [-0.25, -0.2) is 0 Å². The molecule has 0 fully saturated rings. The first-order chi connectivity index (χ1) is 7.99. The SMILES string of the molecule is C=C(C)C(C)C(C)CC(C)CCCCCCC. The first kappa shape index (κ1) is 16.7. The van der Waals surface area contributed by atoms with E-state index in [4.69, 9.17) is 0 Å². The van der Waals surface area contributed by atoms with Gasteiger partial charge in [-0.3, -0.25) is 0 Å². The Balaban J connectivity index is 3.63. The molecule has 0 aliphatic heterocycles. The lowest BCUT2D eigenvalue weighted by Gasteiger charge is -2.23. The fourth-order valence-corrected chi connectivity index (χ4v) is 2.54. The Kier molecular flexibility index (Phi) is 9.59. The van der Waals surface area contributed by atoms with Crippen LogP contribution in [-0.4, -0.2) is 0 Å². The van der Waals surface area contributed by atoms with E-state index in [1.807, 2.05) is 0 Å². The minimum Gasteiger partial charge on any atom is -0.0999 e. The third kappa shape index (κ3) is 8.46. The topological polar surface area (TPSA) is 0 Å². The number of rotatable bonds is 10. The molecule has 0 nitrogen and oxygen atoms in total. The van der Waals surface area contributed by atoms with Gasteiger partial charge in [-0.1, -0.05) is 78.4 Å². The first-order valence-electron chi connectivity index (χ1n) is 7.64. The van der Waals surface area contributed by atoms with Gasteiger partial charge in [0.1, 0.15) is 0 Å². The van der Waals surface area contributed by atoms with Crippen molar-refractivity contribution in [1.82, 2.24) is 0 Å². The molecule has 0 amide bonds. The van der Waals surface area contributed by atoms with Crippen molar-refractivity contribution in [2.75, 3.05) is 0 Å². The highest BCUT2D eigenvalue weighted by Gasteiger charge is 2.15. The molecule has 0 aromatic rings. The third-order valence-corrected chi connectivity index (χ3v) is 4.21. The molecule has 3 unspecified atom stereocenters. The number of unbranched alkanes of at least 4 members (excludes halogenated alkanes) is 4. The van der Waals surface area contributed by atoms with E-state index in [0.717, 1.165) is 11.8 Å². The zero-order valence-corrected chi connectivity index (χ0v) is 12.9. The average molecular weight is 238 g/mol. The molecule has 0 rings (SSSR count). The molecule has 0 N–H and O–H groups in total. The summed E-state index contributed by atoms with van der Waals surface area (Å²) in [7, 11) is 0. The summed E-state index contributed by atoms with van der Waals surface area (Å²) in [6, 6.07) is 0. The predicted octanol–water partition coefficient (Wildman–Crippen LogP) is 6.22. The lowest BCUT2D eigenvalue weighted by molar-refractivity contribution is 0.326. The largest absolute Gasteiger partial charge is 0.0999 e. The average Bonchev–Trinajstić information content (AvgIpc) is 2.27. The Morgan fingerprint density at radius 1 is 1.00 bits per heavy atom. The van der Waals surface area contributed by atoms with Gasteiger partial charge in [0.2, 0.25) is 0 Å². The fraction of sp³-hybridized carbons (Fsp3) is 0.882. The van der Waals surface area contributed by atoms with Crippen molar-refractivity contribution in [3.05, 3.63) is 12.2 Å². The predicted molar refractivity (Wildman–Crippen MR) is 80.3 cm³/mol. The second-order valence-electron chi connectivity index (χ2n) is 6.16. The maximum absolute atomic E-state index is 4.08. The molecule has 0 heteroatoms. The molecular weight excluding hydrogens is 204 g/mol. The highest BCUT2D eigenvalue weighted by atomic mass is 14.2.